The Balaban J connectivity index is 3.22. The number of aryl methyl sites for hydroxylation is 1. The number of aromatic hydroxyl groups is 1. The van der Waals surface area contributed by atoms with Gasteiger partial charge in [0.15, 0.2) is 5.75 Å². The number of benzene rings is 1. The van der Waals surface area contributed by atoms with Crippen LogP contribution in [0.2, 0.25) is 0 Å². The highest BCUT2D eigenvalue weighted by Gasteiger charge is 2.23. The molecular weight excluding hydrogens is 212 g/mol. The maximum Gasteiger partial charge on any atom is 0.318 e. The monoisotopic (exact) mass is 226 g/mol. The number of nitro groups is 1. The van der Waals surface area contributed by atoms with Crippen LogP contribution in [0.25, 0.3) is 0 Å². The van der Waals surface area contributed by atoms with E-state index in [1.165, 1.54) is 19.2 Å². The molecule has 6 heteroatoms. The van der Waals surface area contributed by atoms with Gasteiger partial charge in [0.1, 0.15) is 0 Å². The molecule has 0 unspecified atom stereocenters. The van der Waals surface area contributed by atoms with E-state index in [1.54, 1.807) is 0 Å². The number of phenolic OH excluding ortho intramolecular Hbond substituents is 1. The number of hydrogen-bond acceptors (Lipinski definition) is 5. The summed E-state index contributed by atoms with van der Waals surface area (Å²) in [5.41, 5.74) is 5.69. The number of ether oxygens (including phenoxy) is 1. The van der Waals surface area contributed by atoms with Crippen molar-refractivity contribution < 1.29 is 14.8 Å². The Morgan fingerprint density at radius 3 is 2.75 bits per heavy atom. The van der Waals surface area contributed by atoms with Crippen LogP contribution < -0.4 is 10.5 Å². The Morgan fingerprint density at radius 2 is 2.25 bits per heavy atom. The van der Waals surface area contributed by atoms with Gasteiger partial charge in [-0.05, 0) is 31.5 Å². The van der Waals surface area contributed by atoms with E-state index in [1.807, 2.05) is 0 Å². The average molecular weight is 226 g/mol. The second-order valence-corrected chi connectivity index (χ2v) is 3.28. The van der Waals surface area contributed by atoms with Crippen molar-refractivity contribution in [2.45, 2.75) is 12.8 Å². The lowest BCUT2D eigenvalue weighted by Gasteiger charge is -2.08. The van der Waals surface area contributed by atoms with Gasteiger partial charge in [-0.1, -0.05) is 0 Å². The molecule has 0 aliphatic carbocycles. The van der Waals surface area contributed by atoms with E-state index < -0.39 is 4.92 Å². The highest BCUT2D eigenvalue weighted by molar-refractivity contribution is 5.60. The molecule has 0 saturated heterocycles. The minimum absolute atomic E-state index is 0.0977. The first-order valence-electron chi connectivity index (χ1n) is 4.85. The number of methoxy groups -OCH3 is 1. The van der Waals surface area contributed by atoms with Crippen molar-refractivity contribution in [3.05, 3.63) is 27.8 Å². The molecule has 0 saturated carbocycles. The van der Waals surface area contributed by atoms with E-state index in [-0.39, 0.29) is 17.2 Å². The summed E-state index contributed by atoms with van der Waals surface area (Å²) < 4.78 is 4.84. The fourth-order valence-electron chi connectivity index (χ4n) is 1.50. The van der Waals surface area contributed by atoms with Gasteiger partial charge in [0.25, 0.3) is 0 Å². The van der Waals surface area contributed by atoms with E-state index in [4.69, 9.17) is 10.5 Å². The Bertz CT molecular complexity index is 393. The van der Waals surface area contributed by atoms with Crippen molar-refractivity contribution in [1.82, 2.24) is 0 Å². The zero-order valence-corrected chi connectivity index (χ0v) is 8.97. The molecule has 0 aromatic heterocycles. The molecule has 0 radical (unpaired) electrons. The van der Waals surface area contributed by atoms with Gasteiger partial charge in [0.05, 0.1) is 12.0 Å². The lowest BCUT2D eigenvalue weighted by molar-refractivity contribution is -0.386. The van der Waals surface area contributed by atoms with Gasteiger partial charge in [-0.3, -0.25) is 10.1 Å². The summed E-state index contributed by atoms with van der Waals surface area (Å²) in [4.78, 5) is 10.3. The highest BCUT2D eigenvalue weighted by Crippen LogP contribution is 2.38. The fourth-order valence-corrected chi connectivity index (χ4v) is 1.50. The number of rotatable bonds is 5. The second-order valence-electron chi connectivity index (χ2n) is 3.28. The number of hydrogen-bond donors (Lipinski definition) is 2. The number of nitrogens with zero attached hydrogens (tertiary/aromatic N) is 1. The molecule has 0 aliphatic heterocycles. The summed E-state index contributed by atoms with van der Waals surface area (Å²) >= 11 is 0. The molecule has 0 spiro atoms. The van der Waals surface area contributed by atoms with Crippen LogP contribution in [0.15, 0.2) is 12.1 Å². The zero-order chi connectivity index (χ0) is 12.1. The number of nitrogens with two attached hydrogens (primary N) is 1. The van der Waals surface area contributed by atoms with Gasteiger partial charge in [-0.15, -0.1) is 0 Å². The van der Waals surface area contributed by atoms with E-state index in [9.17, 15) is 15.2 Å². The fraction of sp³-hybridized carbons (Fsp3) is 0.400. The van der Waals surface area contributed by atoms with E-state index in [0.29, 0.717) is 24.9 Å². The molecule has 0 amide bonds. The standard InChI is InChI=1S/C10H14N2O4/c1-16-10-8(13)5-4-7(3-2-6-11)9(10)12(14)15/h4-5,13H,2-3,6,11H2,1H3. The van der Waals surface area contributed by atoms with Crippen LogP contribution in [0.1, 0.15) is 12.0 Å². The van der Waals surface area contributed by atoms with Crippen molar-refractivity contribution in [2.75, 3.05) is 13.7 Å². The molecular formula is C10H14N2O4. The van der Waals surface area contributed by atoms with Crippen LogP contribution in [0.5, 0.6) is 11.5 Å². The summed E-state index contributed by atoms with van der Waals surface area (Å²) in [6.07, 6.45) is 1.14. The summed E-state index contributed by atoms with van der Waals surface area (Å²) in [5.74, 6) is -0.329. The third-order valence-corrected chi connectivity index (χ3v) is 2.23. The molecule has 0 atom stereocenters. The van der Waals surface area contributed by atoms with Gasteiger partial charge in [-0.2, -0.15) is 0 Å². The maximum atomic E-state index is 10.9. The van der Waals surface area contributed by atoms with Gasteiger partial charge in [0, 0.05) is 5.56 Å². The van der Waals surface area contributed by atoms with Crippen LogP contribution in [0, 0.1) is 10.1 Å². The normalized spacial score (nSPS) is 10.1. The first-order valence-corrected chi connectivity index (χ1v) is 4.85. The minimum Gasteiger partial charge on any atom is -0.504 e. The molecule has 1 aromatic carbocycles. The Kier molecular flexibility index (Phi) is 4.07. The molecule has 6 nitrogen and oxygen atoms in total. The summed E-state index contributed by atoms with van der Waals surface area (Å²) in [6.45, 7) is 0.459. The molecule has 0 aliphatic rings. The van der Waals surface area contributed by atoms with Crippen LogP contribution in [0.3, 0.4) is 0 Å². The highest BCUT2D eigenvalue weighted by atomic mass is 16.6. The smallest absolute Gasteiger partial charge is 0.318 e. The van der Waals surface area contributed by atoms with E-state index in [2.05, 4.69) is 0 Å². The Hall–Kier alpha value is -1.82. The Morgan fingerprint density at radius 1 is 1.56 bits per heavy atom. The molecule has 1 aromatic rings. The van der Waals surface area contributed by atoms with Crippen molar-refractivity contribution in [1.29, 1.82) is 0 Å². The first-order chi connectivity index (χ1) is 7.61. The third-order valence-electron chi connectivity index (χ3n) is 2.23. The lowest BCUT2D eigenvalue weighted by atomic mass is 10.1. The number of phenols is 1. The summed E-state index contributed by atoms with van der Waals surface area (Å²) in [7, 11) is 1.29. The predicted molar refractivity (Wildman–Crippen MR) is 58.7 cm³/mol. The lowest BCUT2D eigenvalue weighted by Crippen LogP contribution is -2.03. The van der Waals surface area contributed by atoms with Gasteiger partial charge in [-0.25, -0.2) is 0 Å². The molecule has 88 valence electrons. The van der Waals surface area contributed by atoms with Gasteiger partial charge >= 0.3 is 5.69 Å². The van der Waals surface area contributed by atoms with Gasteiger partial charge in [0.2, 0.25) is 5.75 Å². The molecule has 0 heterocycles. The minimum atomic E-state index is -0.551. The second kappa shape index (κ2) is 5.32. The average Bonchev–Trinajstić information content (AvgIpc) is 2.26. The van der Waals surface area contributed by atoms with Crippen LogP contribution in [-0.4, -0.2) is 23.7 Å². The molecule has 0 fully saturated rings. The van der Waals surface area contributed by atoms with Crippen molar-refractivity contribution in [2.24, 2.45) is 5.73 Å². The zero-order valence-electron chi connectivity index (χ0n) is 8.97. The summed E-state index contributed by atoms with van der Waals surface area (Å²) in [5, 5.41) is 20.3. The van der Waals surface area contributed by atoms with Crippen LogP contribution in [0.4, 0.5) is 5.69 Å². The third kappa shape index (κ3) is 2.40. The molecule has 16 heavy (non-hydrogen) atoms. The largest absolute Gasteiger partial charge is 0.504 e. The van der Waals surface area contributed by atoms with Crippen molar-refractivity contribution in [3.63, 3.8) is 0 Å². The topological polar surface area (TPSA) is 98.6 Å². The quantitative estimate of drug-likeness (QED) is 0.580. The van der Waals surface area contributed by atoms with Gasteiger partial charge < -0.3 is 15.6 Å². The molecule has 1 rings (SSSR count). The van der Waals surface area contributed by atoms with Crippen molar-refractivity contribution >= 4 is 5.69 Å². The number of nitro benzene ring substituents is 1. The SMILES string of the molecule is COc1c(O)ccc(CCCN)c1[N+](=O)[O-]. The maximum absolute atomic E-state index is 10.9. The van der Waals surface area contributed by atoms with Crippen LogP contribution >= 0.6 is 0 Å². The van der Waals surface area contributed by atoms with E-state index in [0.717, 1.165) is 0 Å². The Labute approximate surface area is 92.8 Å². The summed E-state index contributed by atoms with van der Waals surface area (Å²) in [6, 6.07) is 2.91. The van der Waals surface area contributed by atoms with Crippen molar-refractivity contribution in [3.8, 4) is 11.5 Å². The van der Waals surface area contributed by atoms with E-state index >= 15 is 0 Å². The molecule has 0 bridgehead atoms. The van der Waals surface area contributed by atoms with Crippen LogP contribution in [-0.2, 0) is 6.42 Å². The molecule has 3 N–H and O–H groups in total. The first kappa shape index (κ1) is 12.3. The predicted octanol–water partition coefficient (Wildman–Crippen LogP) is 1.20.